The van der Waals surface area contributed by atoms with Gasteiger partial charge >= 0.3 is 0 Å². The molecule has 14 heavy (non-hydrogen) atoms. The Balaban J connectivity index is 2.04. The van der Waals surface area contributed by atoms with Gasteiger partial charge in [0.2, 0.25) is 0 Å². The molecule has 0 spiro atoms. The van der Waals surface area contributed by atoms with Crippen LogP contribution in [0.5, 0.6) is 0 Å². The van der Waals surface area contributed by atoms with Gasteiger partial charge in [0.25, 0.3) is 0 Å². The zero-order valence-electron chi connectivity index (χ0n) is 10.2. The lowest BCUT2D eigenvalue weighted by Crippen LogP contribution is -2.30. The summed E-state index contributed by atoms with van der Waals surface area (Å²) in [5.41, 5.74) is 0. The van der Waals surface area contributed by atoms with Crippen LogP contribution in [0.4, 0.5) is 0 Å². The molecule has 0 radical (unpaired) electrons. The molecule has 0 heterocycles. The third-order valence-electron chi connectivity index (χ3n) is 3.58. The fourth-order valence-corrected chi connectivity index (χ4v) is 2.28. The molecule has 1 unspecified atom stereocenters. The predicted octanol–water partition coefficient (Wildman–Crippen LogP) is 3.59. The number of nitrogens with one attached hydrogen (secondary N) is 1. The maximum Gasteiger partial charge on any atom is 0.00667 e. The van der Waals surface area contributed by atoms with Crippen LogP contribution in [-0.4, -0.2) is 13.1 Å². The normalized spacial score (nSPS) is 19.7. The molecule has 1 aliphatic carbocycles. The quantitative estimate of drug-likeness (QED) is 0.657. The molecule has 0 aromatic rings. The van der Waals surface area contributed by atoms with Gasteiger partial charge in [-0.25, -0.2) is 0 Å². The van der Waals surface area contributed by atoms with E-state index >= 15 is 0 Å². The van der Waals surface area contributed by atoms with E-state index in [1.54, 1.807) is 0 Å². The van der Waals surface area contributed by atoms with Crippen LogP contribution in [0.15, 0.2) is 0 Å². The van der Waals surface area contributed by atoms with Gasteiger partial charge in [-0.3, -0.25) is 0 Å². The summed E-state index contributed by atoms with van der Waals surface area (Å²) in [5, 5.41) is 3.47. The Kier molecular flexibility index (Phi) is 5.54. The summed E-state index contributed by atoms with van der Waals surface area (Å²) in [4.78, 5) is 0. The second-order valence-electron chi connectivity index (χ2n) is 5.34. The Morgan fingerprint density at radius 1 is 1.21 bits per heavy atom. The van der Waals surface area contributed by atoms with Crippen molar-refractivity contribution in [3.05, 3.63) is 0 Å². The monoisotopic (exact) mass is 197 g/mol. The molecule has 1 rings (SSSR count). The second kappa shape index (κ2) is 6.44. The average Bonchev–Trinajstić information content (AvgIpc) is 2.07. The molecule has 1 atom stereocenters. The summed E-state index contributed by atoms with van der Waals surface area (Å²) in [7, 11) is 2.12. The van der Waals surface area contributed by atoms with Crippen LogP contribution in [-0.2, 0) is 0 Å². The van der Waals surface area contributed by atoms with Gasteiger partial charge in [-0.1, -0.05) is 46.0 Å². The van der Waals surface area contributed by atoms with E-state index in [0.29, 0.717) is 0 Å². The van der Waals surface area contributed by atoms with Crippen LogP contribution in [0, 0.1) is 11.8 Å². The highest BCUT2D eigenvalue weighted by Crippen LogP contribution is 2.31. The summed E-state index contributed by atoms with van der Waals surface area (Å²) in [6.45, 7) is 4.64. The van der Waals surface area contributed by atoms with Gasteiger partial charge < -0.3 is 5.32 Å². The van der Waals surface area contributed by atoms with Crippen molar-refractivity contribution in [3.8, 4) is 0 Å². The molecule has 1 saturated carbocycles. The lowest BCUT2D eigenvalue weighted by Gasteiger charge is -2.29. The molecule has 0 aromatic heterocycles. The molecule has 84 valence electrons. The van der Waals surface area contributed by atoms with E-state index in [9.17, 15) is 0 Å². The molecule has 1 nitrogen and oxygen atoms in total. The van der Waals surface area contributed by atoms with Crippen molar-refractivity contribution >= 4 is 0 Å². The number of hydrogen-bond donors (Lipinski definition) is 1. The standard InChI is InChI=1S/C13H27N/c1-11(2)6-4-9-13(14-3)10-12-7-5-8-12/h11-14H,4-10H2,1-3H3. The van der Waals surface area contributed by atoms with Crippen molar-refractivity contribution < 1.29 is 0 Å². The molecule has 1 fully saturated rings. The van der Waals surface area contributed by atoms with Crippen LogP contribution in [0.2, 0.25) is 0 Å². The van der Waals surface area contributed by atoms with Crippen molar-refractivity contribution in [1.82, 2.24) is 5.32 Å². The van der Waals surface area contributed by atoms with E-state index in [4.69, 9.17) is 0 Å². The minimum Gasteiger partial charge on any atom is -0.317 e. The SMILES string of the molecule is CNC(CCCC(C)C)CC1CCC1. The van der Waals surface area contributed by atoms with Crippen molar-refractivity contribution in [2.24, 2.45) is 11.8 Å². The molecule has 0 saturated heterocycles. The molecular weight excluding hydrogens is 170 g/mol. The molecular formula is C13H27N. The Bertz CT molecular complexity index is 138. The summed E-state index contributed by atoms with van der Waals surface area (Å²) in [5.74, 6) is 1.92. The van der Waals surface area contributed by atoms with E-state index in [-0.39, 0.29) is 0 Å². The van der Waals surface area contributed by atoms with Gasteiger partial charge in [0.15, 0.2) is 0 Å². The van der Waals surface area contributed by atoms with E-state index in [1.807, 2.05) is 0 Å². The van der Waals surface area contributed by atoms with Crippen LogP contribution in [0.1, 0.15) is 58.8 Å². The molecule has 0 amide bonds. The summed E-state index contributed by atoms with van der Waals surface area (Å²) < 4.78 is 0. The molecule has 0 bridgehead atoms. The maximum absolute atomic E-state index is 3.47. The van der Waals surface area contributed by atoms with Crippen molar-refractivity contribution in [3.63, 3.8) is 0 Å². The highest BCUT2D eigenvalue weighted by Gasteiger charge is 2.20. The topological polar surface area (TPSA) is 12.0 Å². The molecule has 1 N–H and O–H groups in total. The predicted molar refractivity (Wildman–Crippen MR) is 63.5 cm³/mol. The van der Waals surface area contributed by atoms with Gasteiger partial charge in [0.1, 0.15) is 0 Å². The minimum absolute atomic E-state index is 0.791. The van der Waals surface area contributed by atoms with Crippen LogP contribution in [0.25, 0.3) is 0 Å². The van der Waals surface area contributed by atoms with E-state index < -0.39 is 0 Å². The first-order valence-electron chi connectivity index (χ1n) is 6.39. The molecule has 0 aliphatic heterocycles. The van der Waals surface area contributed by atoms with Crippen molar-refractivity contribution in [2.75, 3.05) is 7.05 Å². The Labute approximate surface area is 89.7 Å². The highest BCUT2D eigenvalue weighted by molar-refractivity contribution is 4.76. The van der Waals surface area contributed by atoms with Gasteiger partial charge in [-0.15, -0.1) is 0 Å². The number of rotatable bonds is 7. The van der Waals surface area contributed by atoms with Crippen LogP contribution < -0.4 is 5.32 Å². The summed E-state index contributed by atoms with van der Waals surface area (Å²) >= 11 is 0. The number of hydrogen-bond acceptors (Lipinski definition) is 1. The van der Waals surface area contributed by atoms with E-state index in [2.05, 4.69) is 26.2 Å². The Morgan fingerprint density at radius 3 is 2.36 bits per heavy atom. The molecule has 1 heteroatoms. The third-order valence-corrected chi connectivity index (χ3v) is 3.58. The average molecular weight is 197 g/mol. The van der Waals surface area contributed by atoms with Crippen LogP contribution >= 0.6 is 0 Å². The van der Waals surface area contributed by atoms with Gasteiger partial charge in [0.05, 0.1) is 0 Å². The largest absolute Gasteiger partial charge is 0.317 e. The van der Waals surface area contributed by atoms with Gasteiger partial charge in [0, 0.05) is 6.04 Å². The molecule has 1 aliphatic rings. The minimum atomic E-state index is 0.791. The fraction of sp³-hybridized carbons (Fsp3) is 1.00. The Morgan fingerprint density at radius 2 is 1.93 bits per heavy atom. The first-order chi connectivity index (χ1) is 6.72. The van der Waals surface area contributed by atoms with Gasteiger partial charge in [-0.2, -0.15) is 0 Å². The first kappa shape index (κ1) is 12.0. The summed E-state index contributed by atoms with van der Waals surface area (Å²) in [6.07, 6.45) is 10.1. The third kappa shape index (κ3) is 4.45. The summed E-state index contributed by atoms with van der Waals surface area (Å²) in [6, 6.07) is 0.791. The lowest BCUT2D eigenvalue weighted by atomic mass is 9.80. The Hall–Kier alpha value is -0.0400. The lowest BCUT2D eigenvalue weighted by molar-refractivity contribution is 0.256. The molecule has 0 aromatic carbocycles. The van der Waals surface area contributed by atoms with E-state index in [0.717, 1.165) is 17.9 Å². The van der Waals surface area contributed by atoms with Crippen molar-refractivity contribution in [1.29, 1.82) is 0 Å². The first-order valence-corrected chi connectivity index (χ1v) is 6.39. The van der Waals surface area contributed by atoms with Crippen LogP contribution in [0.3, 0.4) is 0 Å². The fourth-order valence-electron chi connectivity index (χ4n) is 2.28. The zero-order valence-corrected chi connectivity index (χ0v) is 10.2. The van der Waals surface area contributed by atoms with Gasteiger partial charge in [-0.05, 0) is 31.7 Å². The maximum atomic E-state index is 3.47. The highest BCUT2D eigenvalue weighted by atomic mass is 14.9. The second-order valence-corrected chi connectivity index (χ2v) is 5.34. The van der Waals surface area contributed by atoms with Crippen molar-refractivity contribution in [2.45, 2.75) is 64.8 Å². The smallest absolute Gasteiger partial charge is 0.00667 e. The zero-order chi connectivity index (χ0) is 10.4. The van der Waals surface area contributed by atoms with E-state index in [1.165, 1.54) is 44.9 Å².